The standard InChI is InChI=1S/C16H14N6O3S/c23-12(17-7-5-13-20-22-9-18-19-16(22)26-13)6-8-21-14(24)10-3-1-2-4-11(10)15(21)25/h1-4,9H,5-8H2,(H,17,23). The Balaban J connectivity index is 1.26. The first-order chi connectivity index (χ1) is 12.6. The highest BCUT2D eigenvalue weighted by Crippen LogP contribution is 2.22. The zero-order chi connectivity index (χ0) is 18.1. The van der Waals surface area contributed by atoms with E-state index in [1.165, 1.54) is 17.7 Å². The van der Waals surface area contributed by atoms with Crippen LogP contribution in [0.5, 0.6) is 0 Å². The second-order valence-corrected chi connectivity index (χ2v) is 6.75. The number of benzene rings is 1. The third kappa shape index (κ3) is 2.94. The van der Waals surface area contributed by atoms with Gasteiger partial charge in [-0.3, -0.25) is 19.3 Å². The second-order valence-electron chi connectivity index (χ2n) is 5.71. The van der Waals surface area contributed by atoms with E-state index in [4.69, 9.17) is 0 Å². The average molecular weight is 370 g/mol. The highest BCUT2D eigenvalue weighted by atomic mass is 32.1. The fourth-order valence-electron chi connectivity index (χ4n) is 2.75. The Morgan fingerprint density at radius 1 is 1.15 bits per heavy atom. The summed E-state index contributed by atoms with van der Waals surface area (Å²) in [6.07, 6.45) is 2.17. The van der Waals surface area contributed by atoms with Crippen LogP contribution in [0.2, 0.25) is 0 Å². The van der Waals surface area contributed by atoms with Gasteiger partial charge in [0.1, 0.15) is 11.3 Å². The van der Waals surface area contributed by atoms with Crippen LogP contribution in [0, 0.1) is 0 Å². The maximum absolute atomic E-state index is 12.2. The van der Waals surface area contributed by atoms with E-state index in [9.17, 15) is 14.4 Å². The van der Waals surface area contributed by atoms with Crippen molar-refractivity contribution in [1.29, 1.82) is 0 Å². The molecule has 132 valence electrons. The Morgan fingerprint density at radius 2 is 1.88 bits per heavy atom. The van der Waals surface area contributed by atoms with Crippen LogP contribution < -0.4 is 5.32 Å². The minimum atomic E-state index is -0.349. The average Bonchev–Trinajstić information content (AvgIpc) is 3.28. The number of amides is 3. The predicted molar refractivity (Wildman–Crippen MR) is 91.8 cm³/mol. The summed E-state index contributed by atoms with van der Waals surface area (Å²) in [5.41, 5.74) is 0.780. The van der Waals surface area contributed by atoms with Crippen LogP contribution in [0.15, 0.2) is 30.6 Å². The number of rotatable bonds is 6. The maximum atomic E-state index is 12.2. The molecular weight excluding hydrogens is 356 g/mol. The molecule has 1 N–H and O–H groups in total. The van der Waals surface area contributed by atoms with Crippen LogP contribution in [0.3, 0.4) is 0 Å². The van der Waals surface area contributed by atoms with E-state index in [1.54, 1.807) is 28.8 Å². The van der Waals surface area contributed by atoms with Crippen molar-refractivity contribution in [2.75, 3.05) is 13.1 Å². The number of nitrogens with one attached hydrogen (secondary N) is 1. The molecule has 0 fully saturated rings. The molecule has 0 bridgehead atoms. The van der Waals surface area contributed by atoms with Gasteiger partial charge in [0, 0.05) is 25.9 Å². The molecule has 0 saturated heterocycles. The molecule has 0 atom stereocenters. The van der Waals surface area contributed by atoms with Gasteiger partial charge >= 0.3 is 0 Å². The van der Waals surface area contributed by atoms with Crippen molar-refractivity contribution >= 4 is 34.0 Å². The van der Waals surface area contributed by atoms with Gasteiger partial charge in [0.15, 0.2) is 0 Å². The van der Waals surface area contributed by atoms with Gasteiger partial charge in [0.05, 0.1) is 11.1 Å². The van der Waals surface area contributed by atoms with Gasteiger partial charge in [-0.25, -0.2) is 0 Å². The van der Waals surface area contributed by atoms with Crippen molar-refractivity contribution in [2.45, 2.75) is 12.8 Å². The third-order valence-corrected chi connectivity index (χ3v) is 5.00. The smallest absolute Gasteiger partial charge is 0.261 e. The molecule has 26 heavy (non-hydrogen) atoms. The van der Waals surface area contributed by atoms with Gasteiger partial charge in [-0.15, -0.1) is 10.2 Å². The van der Waals surface area contributed by atoms with Gasteiger partial charge in [-0.2, -0.15) is 9.61 Å². The number of hydrogen-bond acceptors (Lipinski definition) is 7. The molecule has 3 amide bonds. The molecule has 10 heteroatoms. The van der Waals surface area contributed by atoms with Crippen molar-refractivity contribution in [2.24, 2.45) is 0 Å². The fourth-order valence-corrected chi connectivity index (χ4v) is 3.57. The lowest BCUT2D eigenvalue weighted by molar-refractivity contribution is -0.121. The topological polar surface area (TPSA) is 110 Å². The lowest BCUT2D eigenvalue weighted by atomic mass is 10.1. The van der Waals surface area contributed by atoms with Crippen LogP contribution in [0.1, 0.15) is 32.1 Å². The molecule has 0 aliphatic carbocycles. The van der Waals surface area contributed by atoms with Crippen molar-refractivity contribution in [1.82, 2.24) is 30.0 Å². The zero-order valence-electron chi connectivity index (χ0n) is 13.6. The Hall–Kier alpha value is -3.14. The van der Waals surface area contributed by atoms with E-state index in [1.807, 2.05) is 0 Å². The van der Waals surface area contributed by atoms with Gasteiger partial charge in [-0.1, -0.05) is 23.5 Å². The van der Waals surface area contributed by atoms with Crippen molar-refractivity contribution < 1.29 is 14.4 Å². The summed E-state index contributed by atoms with van der Waals surface area (Å²) < 4.78 is 1.59. The Labute approximate surface area is 151 Å². The van der Waals surface area contributed by atoms with E-state index in [0.717, 1.165) is 9.91 Å². The SMILES string of the molecule is O=C(CCN1C(=O)c2ccccc2C1=O)NCCc1nn2cnnc2s1. The van der Waals surface area contributed by atoms with Crippen LogP contribution in [0.4, 0.5) is 0 Å². The Kier molecular flexibility index (Phi) is 4.17. The first-order valence-corrected chi connectivity index (χ1v) is 8.83. The number of carbonyl (C=O) groups is 3. The molecule has 0 saturated carbocycles. The molecule has 1 aromatic carbocycles. The van der Waals surface area contributed by atoms with E-state index < -0.39 is 0 Å². The number of nitrogens with zero attached hydrogens (tertiary/aromatic N) is 5. The zero-order valence-corrected chi connectivity index (χ0v) is 14.4. The molecule has 4 rings (SSSR count). The number of hydrogen-bond donors (Lipinski definition) is 1. The summed E-state index contributed by atoms with van der Waals surface area (Å²) in [6.45, 7) is 0.486. The van der Waals surface area contributed by atoms with Gasteiger partial charge in [-0.05, 0) is 12.1 Å². The van der Waals surface area contributed by atoms with Gasteiger partial charge in [0.2, 0.25) is 10.9 Å². The minimum Gasteiger partial charge on any atom is -0.356 e. The highest BCUT2D eigenvalue weighted by molar-refractivity contribution is 7.16. The molecule has 9 nitrogen and oxygen atoms in total. The lowest BCUT2D eigenvalue weighted by Crippen LogP contribution is -2.35. The van der Waals surface area contributed by atoms with Crippen molar-refractivity contribution in [3.05, 3.63) is 46.7 Å². The maximum Gasteiger partial charge on any atom is 0.261 e. The van der Waals surface area contributed by atoms with Crippen molar-refractivity contribution in [3.63, 3.8) is 0 Å². The van der Waals surface area contributed by atoms with Crippen LogP contribution in [0.25, 0.3) is 4.96 Å². The highest BCUT2D eigenvalue weighted by Gasteiger charge is 2.34. The largest absolute Gasteiger partial charge is 0.356 e. The monoisotopic (exact) mass is 370 g/mol. The molecule has 1 aliphatic heterocycles. The number of imide groups is 1. The summed E-state index contributed by atoms with van der Waals surface area (Å²) in [6, 6.07) is 6.67. The lowest BCUT2D eigenvalue weighted by Gasteiger charge is -2.13. The summed E-state index contributed by atoms with van der Waals surface area (Å²) in [5.74, 6) is -0.916. The van der Waals surface area contributed by atoms with Crippen LogP contribution in [-0.2, 0) is 11.2 Å². The van der Waals surface area contributed by atoms with Crippen LogP contribution in [-0.4, -0.2) is 55.5 Å². The summed E-state index contributed by atoms with van der Waals surface area (Å²) in [4.78, 5) is 38.3. The summed E-state index contributed by atoms with van der Waals surface area (Å²) in [5, 5.41) is 15.5. The fraction of sp³-hybridized carbons (Fsp3) is 0.250. The van der Waals surface area contributed by atoms with Crippen molar-refractivity contribution in [3.8, 4) is 0 Å². The third-order valence-electron chi connectivity index (χ3n) is 4.03. The van der Waals surface area contributed by atoms with E-state index in [0.29, 0.717) is 29.1 Å². The molecule has 0 radical (unpaired) electrons. The first kappa shape index (κ1) is 16.3. The first-order valence-electron chi connectivity index (χ1n) is 8.01. The van der Waals surface area contributed by atoms with Gasteiger partial charge < -0.3 is 5.32 Å². The predicted octanol–water partition coefficient (Wildman–Crippen LogP) is 0.531. The quantitative estimate of drug-likeness (QED) is 0.634. The van der Waals surface area contributed by atoms with E-state index in [2.05, 4.69) is 20.6 Å². The van der Waals surface area contributed by atoms with Crippen LogP contribution >= 0.6 is 11.3 Å². The second kappa shape index (κ2) is 6.64. The Bertz CT molecular complexity index is 947. The van der Waals surface area contributed by atoms with E-state index in [-0.39, 0.29) is 30.7 Å². The molecule has 0 unspecified atom stereocenters. The number of fused-ring (bicyclic) bond motifs is 2. The van der Waals surface area contributed by atoms with E-state index >= 15 is 0 Å². The normalized spacial score (nSPS) is 13.5. The van der Waals surface area contributed by atoms with Gasteiger partial charge in [0.25, 0.3) is 11.8 Å². The number of carbonyl (C=O) groups excluding carboxylic acids is 3. The number of aromatic nitrogens is 4. The molecule has 0 spiro atoms. The molecule has 1 aliphatic rings. The minimum absolute atomic E-state index is 0.0644. The summed E-state index contributed by atoms with van der Waals surface area (Å²) >= 11 is 1.41. The summed E-state index contributed by atoms with van der Waals surface area (Å²) in [7, 11) is 0. The Morgan fingerprint density at radius 3 is 2.58 bits per heavy atom. The molecule has 3 aromatic rings. The molecule has 3 heterocycles. The molecule has 2 aromatic heterocycles. The molecular formula is C16H14N6O3S.